The number of benzene rings is 14. The molecule has 0 N–H and O–H groups in total. The maximum Gasteiger partial charge on any atom is 0.155 e. The topological polar surface area (TPSA) is 6.48 Å². The molecule has 4 heteroatoms. The minimum absolute atomic E-state index is 0.301. The number of halogens is 2. The molecule has 14 aromatic carbocycles. The molecule has 1 aliphatic rings. The summed E-state index contributed by atoms with van der Waals surface area (Å²) in [6.07, 6.45) is 0. The molecule has 0 aromatic heterocycles. The molecule has 0 unspecified atom stereocenters. The summed E-state index contributed by atoms with van der Waals surface area (Å²) >= 11 is 0. The summed E-state index contributed by atoms with van der Waals surface area (Å²) in [6.45, 7) is 6.88. The molecule has 2 nitrogen and oxygen atoms in total. The number of para-hydroxylation sites is 1. The van der Waals surface area contributed by atoms with E-state index in [1.165, 1.54) is 16.5 Å². The van der Waals surface area contributed by atoms with Crippen LogP contribution in [-0.2, 0) is 5.41 Å². The largest absolute Gasteiger partial charge is 0.308 e. The zero-order chi connectivity index (χ0) is 56.6. The van der Waals surface area contributed by atoms with Crippen LogP contribution in [0.2, 0.25) is 0 Å². The molecule has 0 bridgehead atoms. The van der Waals surface area contributed by atoms with Crippen LogP contribution in [0.1, 0.15) is 30.5 Å². The number of rotatable bonds is 10. The Bertz CT molecular complexity index is 4900. The van der Waals surface area contributed by atoms with Gasteiger partial charge in [-0.05, 0) is 190 Å². The van der Waals surface area contributed by atoms with E-state index >= 15 is 8.78 Å². The minimum Gasteiger partial charge on any atom is -0.308 e. The van der Waals surface area contributed by atoms with Gasteiger partial charge in [0.1, 0.15) is 0 Å². The van der Waals surface area contributed by atoms with Crippen LogP contribution in [0.15, 0.2) is 285 Å². The summed E-state index contributed by atoms with van der Waals surface area (Å²) in [6, 6.07) is 97.8. The number of fused-ring (bicyclic) bond motifs is 6. The van der Waals surface area contributed by atoms with Crippen molar-refractivity contribution in [2.75, 3.05) is 9.80 Å². The van der Waals surface area contributed by atoms with Gasteiger partial charge in [0.25, 0.3) is 0 Å². The van der Waals surface area contributed by atoms with Crippen molar-refractivity contribution in [3.8, 4) is 55.6 Å². The molecule has 0 radical (unpaired) electrons. The first-order chi connectivity index (χ1) is 41.2. The molecule has 14 aromatic rings. The van der Waals surface area contributed by atoms with Crippen LogP contribution in [0.3, 0.4) is 0 Å². The van der Waals surface area contributed by atoms with E-state index in [4.69, 9.17) is 0 Å². The minimum atomic E-state index is -0.495. The lowest BCUT2D eigenvalue weighted by molar-refractivity contribution is 0.632. The SMILES string of the molecule is Cc1c2c3c(cccc3c3cc(N(c4ccc5ccccc5c4)c4cc(-c5ccccc5)cc(-c5ccccc5)c4F)ccc13)C(C)(C)c1cc(N(c3ccccc3)c3cc(-c4ccccc4)cc(-c4ccc5ccccc5c4)c3F)ccc1-2. The van der Waals surface area contributed by atoms with Gasteiger partial charge >= 0.3 is 0 Å². The third-order valence-electron chi connectivity index (χ3n) is 17.5. The van der Waals surface area contributed by atoms with Crippen LogP contribution in [0.25, 0.3) is 98.7 Å². The van der Waals surface area contributed by atoms with Crippen LogP contribution in [0, 0.1) is 18.6 Å². The highest BCUT2D eigenvalue weighted by Crippen LogP contribution is 2.55. The zero-order valence-electron chi connectivity index (χ0n) is 46.8. The maximum atomic E-state index is 18.2. The monoisotopic (exact) mass is 1080 g/mol. The van der Waals surface area contributed by atoms with Crippen molar-refractivity contribution >= 4 is 77.2 Å². The molecule has 0 atom stereocenters. The number of hydrogen-bond acceptors (Lipinski definition) is 2. The molecular weight excluding hydrogens is 1030 g/mol. The fraction of sp³-hybridized carbons (Fsp3) is 0.0500. The normalized spacial score (nSPS) is 12.4. The molecule has 0 spiro atoms. The van der Waals surface area contributed by atoms with Crippen LogP contribution < -0.4 is 9.80 Å². The van der Waals surface area contributed by atoms with E-state index in [0.29, 0.717) is 22.5 Å². The van der Waals surface area contributed by atoms with Gasteiger partial charge < -0.3 is 9.80 Å². The lowest BCUT2D eigenvalue weighted by atomic mass is 9.67. The first-order valence-corrected chi connectivity index (χ1v) is 28.8. The van der Waals surface area contributed by atoms with Crippen LogP contribution in [0.4, 0.5) is 42.9 Å². The van der Waals surface area contributed by atoms with E-state index < -0.39 is 5.41 Å². The van der Waals surface area contributed by atoms with Crippen LogP contribution in [0.5, 0.6) is 0 Å². The highest BCUT2D eigenvalue weighted by Gasteiger charge is 2.36. The first kappa shape index (κ1) is 50.5. The van der Waals surface area contributed by atoms with E-state index in [1.54, 1.807) is 0 Å². The summed E-state index contributed by atoms with van der Waals surface area (Å²) in [7, 11) is 0. The number of hydrogen-bond donors (Lipinski definition) is 0. The van der Waals surface area contributed by atoms with Gasteiger partial charge in [-0.15, -0.1) is 0 Å². The molecular formula is C80H56F2N2. The predicted octanol–water partition coefficient (Wildman–Crippen LogP) is 22.8. The molecule has 84 heavy (non-hydrogen) atoms. The van der Waals surface area contributed by atoms with Gasteiger partial charge in [-0.3, -0.25) is 0 Å². The standard InChI is InChI=1S/C80H56F2N2/c1-51-66-41-39-64(84(63-38-37-55-26-17-19-30-58(55)44-63)75-48-60(52-21-8-4-9-22-52)45-69(78(75)81)56-27-12-6-13-28-56)49-71(66)67-33-20-34-72-77(67)76(51)68-42-40-65(50-73(68)80(72,2)3)83(62-31-14-7-15-32-62)74-47-61(53-23-10-5-11-24-53)46-70(79(74)82)59-36-35-54-25-16-18-29-57(54)43-59/h4-50H,1-3H3. The molecule has 1 aliphatic carbocycles. The molecule has 0 saturated heterocycles. The molecule has 400 valence electrons. The van der Waals surface area contributed by atoms with Gasteiger partial charge in [0, 0.05) is 39.3 Å². The molecule has 0 amide bonds. The Morgan fingerprint density at radius 3 is 1.42 bits per heavy atom. The van der Waals surface area contributed by atoms with Gasteiger partial charge in [0.2, 0.25) is 0 Å². The first-order valence-electron chi connectivity index (χ1n) is 28.8. The van der Waals surface area contributed by atoms with Gasteiger partial charge in [-0.25, -0.2) is 8.78 Å². The Morgan fingerprint density at radius 2 is 0.786 bits per heavy atom. The molecule has 15 rings (SSSR count). The Morgan fingerprint density at radius 1 is 0.298 bits per heavy atom. The van der Waals surface area contributed by atoms with E-state index in [1.807, 2.05) is 127 Å². The van der Waals surface area contributed by atoms with Crippen molar-refractivity contribution in [2.45, 2.75) is 26.2 Å². The summed E-state index contributed by atoms with van der Waals surface area (Å²) in [5.41, 5.74) is 16.2. The van der Waals surface area contributed by atoms with Gasteiger partial charge in [-0.1, -0.05) is 220 Å². The summed E-state index contributed by atoms with van der Waals surface area (Å²) in [5, 5.41) is 8.86. The Labute approximate surface area is 488 Å². The van der Waals surface area contributed by atoms with Crippen molar-refractivity contribution in [3.63, 3.8) is 0 Å². The van der Waals surface area contributed by atoms with Gasteiger partial charge in [-0.2, -0.15) is 0 Å². The van der Waals surface area contributed by atoms with Crippen molar-refractivity contribution in [3.05, 3.63) is 313 Å². The molecule has 0 fully saturated rings. The Hall–Kier alpha value is -10.4. The fourth-order valence-corrected chi connectivity index (χ4v) is 13.3. The quantitative estimate of drug-likeness (QED) is 0.126. The van der Waals surface area contributed by atoms with Crippen LogP contribution >= 0.6 is 0 Å². The molecule has 0 saturated carbocycles. The number of aryl methyl sites for hydroxylation is 1. The van der Waals surface area contributed by atoms with E-state index in [-0.39, 0.29) is 11.6 Å². The van der Waals surface area contributed by atoms with Crippen molar-refractivity contribution in [1.82, 2.24) is 0 Å². The van der Waals surface area contributed by atoms with E-state index in [9.17, 15) is 0 Å². The highest BCUT2D eigenvalue weighted by atomic mass is 19.1. The maximum absolute atomic E-state index is 18.2. The zero-order valence-corrected chi connectivity index (χ0v) is 46.8. The van der Waals surface area contributed by atoms with E-state index in [2.05, 4.69) is 188 Å². The third-order valence-corrected chi connectivity index (χ3v) is 17.5. The third kappa shape index (κ3) is 8.44. The lowest BCUT2D eigenvalue weighted by Crippen LogP contribution is -2.25. The lowest BCUT2D eigenvalue weighted by Gasteiger charge is -2.38. The van der Waals surface area contributed by atoms with Gasteiger partial charge in [0.15, 0.2) is 11.6 Å². The number of anilines is 6. The molecule has 0 heterocycles. The smallest absolute Gasteiger partial charge is 0.155 e. The second-order valence-electron chi connectivity index (χ2n) is 22.7. The average Bonchev–Trinajstić information content (AvgIpc) is 1.03. The number of nitrogens with zero attached hydrogens (tertiary/aromatic N) is 2. The fourth-order valence-electron chi connectivity index (χ4n) is 13.3. The summed E-state index contributed by atoms with van der Waals surface area (Å²) < 4.78 is 36.2. The predicted molar refractivity (Wildman–Crippen MR) is 350 cm³/mol. The molecule has 0 aliphatic heterocycles. The Balaban J connectivity index is 0.922. The highest BCUT2D eigenvalue weighted by molar-refractivity contribution is 6.19. The van der Waals surface area contributed by atoms with Crippen molar-refractivity contribution in [2.24, 2.45) is 0 Å². The summed E-state index contributed by atoms with van der Waals surface area (Å²) in [5.74, 6) is -0.604. The van der Waals surface area contributed by atoms with Crippen LogP contribution in [-0.4, -0.2) is 0 Å². The van der Waals surface area contributed by atoms with Gasteiger partial charge in [0.05, 0.1) is 11.4 Å². The van der Waals surface area contributed by atoms with Crippen molar-refractivity contribution in [1.29, 1.82) is 0 Å². The second-order valence-corrected chi connectivity index (χ2v) is 22.7. The van der Waals surface area contributed by atoms with E-state index in [0.717, 1.165) is 111 Å². The average molecular weight is 1080 g/mol. The Kier molecular flexibility index (Phi) is 12.2. The summed E-state index contributed by atoms with van der Waals surface area (Å²) in [4.78, 5) is 4.20. The second kappa shape index (κ2) is 20.2. The van der Waals surface area contributed by atoms with Crippen molar-refractivity contribution < 1.29 is 8.78 Å².